The van der Waals surface area contributed by atoms with Crippen LogP contribution >= 0.6 is 0 Å². The number of methoxy groups -OCH3 is 2. The fourth-order valence-electron chi connectivity index (χ4n) is 4.94. The Morgan fingerprint density at radius 2 is 1.90 bits per heavy atom. The van der Waals surface area contributed by atoms with E-state index < -0.39 is 0 Å². The smallest absolute Gasteiger partial charge is 0.239 e. The van der Waals surface area contributed by atoms with Crippen LogP contribution in [0.5, 0.6) is 17.2 Å². The number of carbonyl (C=O) groups is 3. The zero-order chi connectivity index (χ0) is 29.4. The number of nitrogens with one attached hydrogen (secondary N) is 1. The zero-order valence-electron chi connectivity index (χ0n) is 24.3. The van der Waals surface area contributed by atoms with E-state index >= 15 is 0 Å². The number of hydrogen-bond acceptors (Lipinski definition) is 8. The molecule has 4 rings (SSSR count). The van der Waals surface area contributed by atoms with E-state index in [9.17, 15) is 14.4 Å². The van der Waals surface area contributed by atoms with Crippen LogP contribution in [0.2, 0.25) is 0 Å². The van der Waals surface area contributed by atoms with Crippen LogP contribution in [0.15, 0.2) is 42.5 Å². The number of amides is 3. The van der Waals surface area contributed by atoms with Gasteiger partial charge in [0.25, 0.3) is 0 Å². The number of fused-ring (bicyclic) bond motifs is 5. The van der Waals surface area contributed by atoms with Gasteiger partial charge in [0.15, 0.2) is 11.5 Å². The van der Waals surface area contributed by atoms with E-state index in [1.807, 2.05) is 47.4 Å². The Morgan fingerprint density at radius 3 is 2.66 bits per heavy atom. The number of carbonyl (C=O) groups excluding carboxylic acids is 3. The highest BCUT2D eigenvalue weighted by Gasteiger charge is 2.36. The minimum absolute atomic E-state index is 0.0263. The Hall–Kier alpha value is -3.67. The first-order valence-corrected chi connectivity index (χ1v) is 13.8. The number of ether oxygens (including phenoxy) is 4. The average Bonchev–Trinajstić information content (AvgIpc) is 3.32. The van der Waals surface area contributed by atoms with Crippen LogP contribution in [0, 0.1) is 0 Å². The van der Waals surface area contributed by atoms with E-state index in [-0.39, 0.29) is 49.4 Å². The summed E-state index contributed by atoms with van der Waals surface area (Å²) >= 11 is 0. The highest BCUT2D eigenvalue weighted by Crippen LogP contribution is 2.33. The van der Waals surface area contributed by atoms with Crippen molar-refractivity contribution in [1.82, 2.24) is 20.0 Å². The van der Waals surface area contributed by atoms with Crippen molar-refractivity contribution >= 4 is 17.7 Å². The van der Waals surface area contributed by atoms with Crippen LogP contribution in [-0.4, -0.2) is 112 Å². The standard InChI is InChI=1S/C30H40N4O7/c1-32(2)30(37)19-33-16-24-27(17-33)40-20-22-6-5-7-23(14-22)41-26-15-21(8-10-25(26)39-4)9-11-29(36)34(12-13-38-3)18-28(35)31-24/h5-8,10,14-15,24,27H,9,11-13,16-20H2,1-4H3,(H,31,35)/t24-,27-/m0/s1. The van der Waals surface area contributed by atoms with Crippen LogP contribution in [0.4, 0.5) is 0 Å². The molecule has 0 spiro atoms. The summed E-state index contributed by atoms with van der Waals surface area (Å²) in [5.41, 5.74) is 1.81. The molecular formula is C30H40N4O7. The topological polar surface area (TPSA) is 110 Å². The Morgan fingerprint density at radius 1 is 1.07 bits per heavy atom. The second-order valence-electron chi connectivity index (χ2n) is 10.5. The molecule has 11 heteroatoms. The Balaban J connectivity index is 1.61. The van der Waals surface area contributed by atoms with Crippen molar-refractivity contribution < 1.29 is 33.3 Å². The van der Waals surface area contributed by atoms with Crippen molar-refractivity contribution in [2.75, 3.05) is 67.6 Å². The minimum atomic E-state index is -0.350. The van der Waals surface area contributed by atoms with Gasteiger partial charge < -0.3 is 34.1 Å². The second kappa shape index (κ2) is 14.3. The van der Waals surface area contributed by atoms with Gasteiger partial charge in [-0.1, -0.05) is 18.2 Å². The van der Waals surface area contributed by atoms with E-state index in [0.717, 1.165) is 11.1 Å². The molecule has 0 radical (unpaired) electrons. The van der Waals surface area contributed by atoms with Gasteiger partial charge in [0.05, 0.1) is 45.6 Å². The highest BCUT2D eigenvalue weighted by molar-refractivity contribution is 5.85. The van der Waals surface area contributed by atoms with Crippen LogP contribution in [0.3, 0.4) is 0 Å². The van der Waals surface area contributed by atoms with Crippen molar-refractivity contribution in [3.05, 3.63) is 53.6 Å². The molecule has 2 aliphatic rings. The summed E-state index contributed by atoms with van der Waals surface area (Å²) in [4.78, 5) is 43.9. The van der Waals surface area contributed by atoms with Gasteiger partial charge in [-0.25, -0.2) is 0 Å². The van der Waals surface area contributed by atoms with Crippen molar-refractivity contribution in [1.29, 1.82) is 0 Å². The van der Waals surface area contributed by atoms with E-state index in [0.29, 0.717) is 56.5 Å². The maximum atomic E-state index is 13.2. The molecule has 41 heavy (non-hydrogen) atoms. The third-order valence-corrected chi connectivity index (χ3v) is 7.24. The first kappa shape index (κ1) is 30.3. The van der Waals surface area contributed by atoms with E-state index in [2.05, 4.69) is 5.32 Å². The number of benzene rings is 2. The zero-order valence-corrected chi connectivity index (χ0v) is 24.3. The molecule has 0 aliphatic carbocycles. The maximum absolute atomic E-state index is 13.2. The molecule has 222 valence electrons. The molecule has 3 amide bonds. The van der Waals surface area contributed by atoms with Gasteiger partial charge in [-0.3, -0.25) is 19.3 Å². The molecular weight excluding hydrogens is 528 g/mol. The summed E-state index contributed by atoms with van der Waals surface area (Å²) in [7, 11) is 6.58. The van der Waals surface area contributed by atoms with Crippen LogP contribution in [-0.2, 0) is 36.9 Å². The SMILES string of the molecule is COCCN1CC(=O)N[C@H]2CN(CC(=O)N(C)C)C[C@@H]2OCc2cccc(c2)Oc2cc(ccc2OC)CCC1=O. The normalized spacial score (nSPS) is 20.3. The quantitative estimate of drug-likeness (QED) is 0.561. The predicted molar refractivity (Wildman–Crippen MR) is 152 cm³/mol. The molecule has 11 nitrogen and oxygen atoms in total. The lowest BCUT2D eigenvalue weighted by Crippen LogP contribution is -2.49. The summed E-state index contributed by atoms with van der Waals surface area (Å²) in [6.45, 7) is 1.97. The van der Waals surface area contributed by atoms with Crippen LogP contribution in [0.25, 0.3) is 0 Å². The fraction of sp³-hybridized carbons (Fsp3) is 0.500. The van der Waals surface area contributed by atoms with Gasteiger partial charge in [0.2, 0.25) is 17.7 Å². The second-order valence-corrected chi connectivity index (χ2v) is 10.5. The molecule has 4 bridgehead atoms. The van der Waals surface area contributed by atoms with Crippen LogP contribution < -0.4 is 14.8 Å². The maximum Gasteiger partial charge on any atom is 0.239 e. The Bertz CT molecular complexity index is 1220. The number of hydrogen-bond donors (Lipinski definition) is 1. The number of nitrogens with zero attached hydrogens (tertiary/aromatic N) is 3. The van der Waals surface area contributed by atoms with Gasteiger partial charge in [0.1, 0.15) is 5.75 Å². The Labute approximate surface area is 241 Å². The summed E-state index contributed by atoms with van der Waals surface area (Å²) < 4.78 is 23.2. The van der Waals surface area contributed by atoms with Crippen molar-refractivity contribution in [2.45, 2.75) is 31.6 Å². The molecule has 2 aliphatic heterocycles. The molecule has 1 N–H and O–H groups in total. The van der Waals surface area contributed by atoms with Gasteiger partial charge in [-0.05, 0) is 41.8 Å². The van der Waals surface area contributed by atoms with Crippen molar-refractivity contribution in [2.24, 2.45) is 0 Å². The molecule has 1 fully saturated rings. The molecule has 2 aromatic carbocycles. The van der Waals surface area contributed by atoms with Crippen molar-refractivity contribution in [3.63, 3.8) is 0 Å². The van der Waals surface area contributed by atoms with Crippen LogP contribution in [0.1, 0.15) is 17.5 Å². The number of likely N-dealkylation sites (N-methyl/N-ethyl adjacent to an activating group) is 1. The lowest BCUT2D eigenvalue weighted by molar-refractivity contribution is -0.137. The molecule has 0 saturated carbocycles. The Kier molecular flexibility index (Phi) is 10.6. The molecule has 0 unspecified atom stereocenters. The largest absolute Gasteiger partial charge is 0.493 e. The third-order valence-electron chi connectivity index (χ3n) is 7.24. The predicted octanol–water partition coefficient (Wildman–Crippen LogP) is 1.68. The monoisotopic (exact) mass is 568 g/mol. The van der Waals surface area contributed by atoms with Gasteiger partial charge in [-0.2, -0.15) is 0 Å². The molecule has 0 aromatic heterocycles. The minimum Gasteiger partial charge on any atom is -0.493 e. The fourth-order valence-corrected chi connectivity index (χ4v) is 4.94. The lowest BCUT2D eigenvalue weighted by Gasteiger charge is -2.25. The molecule has 1 saturated heterocycles. The molecule has 2 atom stereocenters. The average molecular weight is 569 g/mol. The number of rotatable bonds is 6. The van der Waals surface area contributed by atoms with E-state index in [4.69, 9.17) is 18.9 Å². The van der Waals surface area contributed by atoms with Gasteiger partial charge >= 0.3 is 0 Å². The summed E-state index contributed by atoms with van der Waals surface area (Å²) in [5.74, 6) is 1.29. The van der Waals surface area contributed by atoms with Crippen molar-refractivity contribution in [3.8, 4) is 17.2 Å². The summed E-state index contributed by atoms with van der Waals surface area (Å²) in [6.07, 6.45) is 0.336. The molecule has 2 aromatic rings. The number of aryl methyl sites for hydroxylation is 1. The lowest BCUT2D eigenvalue weighted by atomic mass is 10.1. The summed E-state index contributed by atoms with van der Waals surface area (Å²) in [5, 5.41) is 3.06. The number of likely N-dealkylation sites (tertiary alicyclic amines) is 1. The first-order chi connectivity index (χ1) is 19.7. The highest BCUT2D eigenvalue weighted by atomic mass is 16.5. The first-order valence-electron chi connectivity index (χ1n) is 13.8. The summed E-state index contributed by atoms with van der Waals surface area (Å²) in [6, 6.07) is 12.9. The van der Waals surface area contributed by atoms with Gasteiger partial charge in [-0.15, -0.1) is 0 Å². The van der Waals surface area contributed by atoms with Gasteiger partial charge in [0, 0.05) is 47.3 Å². The van der Waals surface area contributed by atoms with E-state index in [1.165, 1.54) is 4.90 Å². The molecule has 2 heterocycles. The van der Waals surface area contributed by atoms with E-state index in [1.54, 1.807) is 33.2 Å². The third kappa shape index (κ3) is 8.42.